The number of aryl methyl sites for hydroxylation is 1. The van der Waals surface area contributed by atoms with Gasteiger partial charge in [0.15, 0.2) is 0 Å². The average molecular weight is 348 g/mol. The number of amides is 2. The molecule has 136 valence electrons. The second-order valence-corrected chi connectivity index (χ2v) is 6.05. The first-order valence-corrected chi connectivity index (χ1v) is 8.38. The third-order valence-electron chi connectivity index (χ3n) is 4.25. The Hall–Kier alpha value is -2.41. The normalized spacial score (nSPS) is 17.2. The lowest BCUT2D eigenvalue weighted by molar-refractivity contribution is -0.145. The molecule has 0 bridgehead atoms. The number of carbonyl (C=O) groups is 3. The van der Waals surface area contributed by atoms with E-state index in [0.29, 0.717) is 25.3 Å². The zero-order chi connectivity index (χ0) is 18.4. The predicted molar refractivity (Wildman–Crippen MR) is 91.4 cm³/mol. The van der Waals surface area contributed by atoms with E-state index < -0.39 is 12.1 Å². The van der Waals surface area contributed by atoms with Gasteiger partial charge in [-0.15, -0.1) is 0 Å². The Bertz CT molecular complexity index is 646. The molecule has 1 aliphatic heterocycles. The lowest BCUT2D eigenvalue weighted by Gasteiger charge is -2.35. The third kappa shape index (κ3) is 5.03. The molecule has 1 aliphatic rings. The summed E-state index contributed by atoms with van der Waals surface area (Å²) in [6, 6.07) is 7.51. The van der Waals surface area contributed by atoms with Gasteiger partial charge in [-0.1, -0.05) is 25.1 Å². The molecular formula is C18H24N2O5. The van der Waals surface area contributed by atoms with E-state index >= 15 is 0 Å². The van der Waals surface area contributed by atoms with Crippen molar-refractivity contribution in [3.05, 3.63) is 35.4 Å². The summed E-state index contributed by atoms with van der Waals surface area (Å²) in [5.74, 6) is -1.46. The van der Waals surface area contributed by atoms with Crippen molar-refractivity contribution in [1.82, 2.24) is 9.80 Å². The van der Waals surface area contributed by atoms with E-state index in [4.69, 9.17) is 9.84 Å². The molecule has 0 radical (unpaired) electrons. The van der Waals surface area contributed by atoms with Gasteiger partial charge in [0.1, 0.15) is 6.54 Å². The van der Waals surface area contributed by atoms with Crippen LogP contribution in [0.2, 0.25) is 0 Å². The van der Waals surface area contributed by atoms with Crippen LogP contribution in [0.25, 0.3) is 0 Å². The third-order valence-corrected chi connectivity index (χ3v) is 4.25. The summed E-state index contributed by atoms with van der Waals surface area (Å²) in [5, 5.41) is 8.91. The highest BCUT2D eigenvalue weighted by molar-refractivity contribution is 5.95. The quantitative estimate of drug-likeness (QED) is 0.829. The molecule has 1 unspecified atom stereocenters. The second kappa shape index (κ2) is 8.62. The Balaban J connectivity index is 2.06. The van der Waals surface area contributed by atoms with E-state index in [1.807, 2.05) is 31.2 Å². The number of carboxylic acids is 1. The zero-order valence-corrected chi connectivity index (χ0v) is 14.6. The van der Waals surface area contributed by atoms with Crippen LogP contribution in [-0.4, -0.2) is 71.6 Å². The lowest BCUT2D eigenvalue weighted by Crippen LogP contribution is -2.51. The van der Waals surface area contributed by atoms with Gasteiger partial charge in [0.05, 0.1) is 12.7 Å². The number of carboxylic acid groups (broad SMARTS) is 1. The maximum atomic E-state index is 12.8. The van der Waals surface area contributed by atoms with Crippen LogP contribution in [0.3, 0.4) is 0 Å². The first-order chi connectivity index (χ1) is 11.9. The summed E-state index contributed by atoms with van der Waals surface area (Å²) in [7, 11) is 0. The molecule has 1 saturated heterocycles. The fourth-order valence-corrected chi connectivity index (χ4v) is 2.94. The fraction of sp³-hybridized carbons (Fsp3) is 0.500. The van der Waals surface area contributed by atoms with Crippen molar-refractivity contribution < 1.29 is 24.2 Å². The Morgan fingerprint density at radius 3 is 2.68 bits per heavy atom. The highest BCUT2D eigenvalue weighted by Crippen LogP contribution is 2.16. The van der Waals surface area contributed by atoms with Crippen molar-refractivity contribution >= 4 is 17.8 Å². The molecule has 1 heterocycles. The van der Waals surface area contributed by atoms with Crippen molar-refractivity contribution in [1.29, 1.82) is 0 Å². The van der Waals surface area contributed by atoms with Gasteiger partial charge < -0.3 is 19.6 Å². The summed E-state index contributed by atoms with van der Waals surface area (Å²) < 4.78 is 5.63. The number of rotatable bonds is 6. The van der Waals surface area contributed by atoms with Crippen LogP contribution >= 0.6 is 0 Å². The molecular weight excluding hydrogens is 324 g/mol. The molecule has 1 aromatic carbocycles. The number of carbonyl (C=O) groups excluding carboxylic acids is 2. The number of benzene rings is 1. The molecule has 25 heavy (non-hydrogen) atoms. The van der Waals surface area contributed by atoms with E-state index in [1.165, 1.54) is 11.8 Å². The number of hydrogen-bond acceptors (Lipinski definition) is 4. The number of ether oxygens (including phenoxy) is 1. The van der Waals surface area contributed by atoms with Crippen molar-refractivity contribution in [3.8, 4) is 0 Å². The fourth-order valence-electron chi connectivity index (χ4n) is 2.94. The minimum atomic E-state index is -1.07. The van der Waals surface area contributed by atoms with E-state index in [0.717, 1.165) is 12.0 Å². The van der Waals surface area contributed by atoms with Gasteiger partial charge >= 0.3 is 5.97 Å². The maximum Gasteiger partial charge on any atom is 0.323 e. The van der Waals surface area contributed by atoms with Crippen molar-refractivity contribution in [2.45, 2.75) is 26.4 Å². The minimum Gasteiger partial charge on any atom is -0.480 e. The predicted octanol–water partition coefficient (Wildman–Crippen LogP) is 1.02. The highest BCUT2D eigenvalue weighted by Gasteiger charge is 2.28. The lowest BCUT2D eigenvalue weighted by atomic mass is 10.0. The van der Waals surface area contributed by atoms with Gasteiger partial charge in [0.25, 0.3) is 5.91 Å². The molecule has 2 rings (SSSR count). The maximum absolute atomic E-state index is 12.8. The summed E-state index contributed by atoms with van der Waals surface area (Å²) in [6.07, 6.45) is 0.376. The van der Waals surface area contributed by atoms with E-state index in [1.54, 1.807) is 4.90 Å². The van der Waals surface area contributed by atoms with Crippen LogP contribution in [-0.2, 0) is 20.7 Å². The molecule has 0 aromatic heterocycles. The van der Waals surface area contributed by atoms with Gasteiger partial charge in [-0.05, 0) is 18.1 Å². The minimum absolute atomic E-state index is 0.0571. The molecule has 0 saturated carbocycles. The average Bonchev–Trinajstić information content (AvgIpc) is 2.60. The molecule has 1 atom stereocenters. The van der Waals surface area contributed by atoms with Crippen LogP contribution in [0.5, 0.6) is 0 Å². The Kier molecular flexibility index (Phi) is 6.52. The molecule has 1 aromatic rings. The van der Waals surface area contributed by atoms with Crippen molar-refractivity contribution in [3.63, 3.8) is 0 Å². The molecule has 7 nitrogen and oxygen atoms in total. The van der Waals surface area contributed by atoms with Crippen LogP contribution in [0.1, 0.15) is 29.8 Å². The molecule has 2 amide bonds. The van der Waals surface area contributed by atoms with Crippen molar-refractivity contribution in [2.75, 3.05) is 32.8 Å². The number of aliphatic carboxylic acids is 1. The van der Waals surface area contributed by atoms with Crippen LogP contribution in [0.15, 0.2) is 24.3 Å². The molecule has 0 spiro atoms. The standard InChI is InChI=1S/C18H24N2O5/c1-3-14-6-4-5-7-16(14)18(24)19-8-9-25-15(10-19)11-20(13(2)21)12-17(22)23/h4-7,15H,3,8-12H2,1-2H3,(H,22,23). The van der Waals surface area contributed by atoms with Gasteiger partial charge in [-0.25, -0.2) is 0 Å². The highest BCUT2D eigenvalue weighted by atomic mass is 16.5. The number of morpholine rings is 1. The largest absolute Gasteiger partial charge is 0.480 e. The monoisotopic (exact) mass is 348 g/mol. The smallest absolute Gasteiger partial charge is 0.323 e. The Morgan fingerprint density at radius 2 is 2.04 bits per heavy atom. The first kappa shape index (κ1) is 18.9. The first-order valence-electron chi connectivity index (χ1n) is 8.38. The second-order valence-electron chi connectivity index (χ2n) is 6.05. The SMILES string of the molecule is CCc1ccccc1C(=O)N1CCOC(CN(CC(=O)O)C(C)=O)C1. The summed E-state index contributed by atoms with van der Waals surface area (Å²) in [6.45, 7) is 4.29. The number of hydrogen-bond donors (Lipinski definition) is 1. The van der Waals surface area contributed by atoms with E-state index in [9.17, 15) is 14.4 Å². The zero-order valence-electron chi connectivity index (χ0n) is 14.6. The molecule has 1 N–H and O–H groups in total. The van der Waals surface area contributed by atoms with Gasteiger partial charge in [0.2, 0.25) is 5.91 Å². The van der Waals surface area contributed by atoms with Crippen LogP contribution < -0.4 is 0 Å². The molecule has 7 heteroatoms. The number of nitrogens with zero attached hydrogens (tertiary/aromatic N) is 2. The Morgan fingerprint density at radius 1 is 1.32 bits per heavy atom. The summed E-state index contributed by atoms with van der Waals surface area (Å²) in [5.41, 5.74) is 1.67. The van der Waals surface area contributed by atoms with Crippen LogP contribution in [0.4, 0.5) is 0 Å². The van der Waals surface area contributed by atoms with Gasteiger partial charge in [0, 0.05) is 32.1 Å². The van der Waals surface area contributed by atoms with Gasteiger partial charge in [-0.2, -0.15) is 0 Å². The van der Waals surface area contributed by atoms with Crippen LogP contribution in [0, 0.1) is 0 Å². The van der Waals surface area contributed by atoms with Gasteiger partial charge in [-0.3, -0.25) is 14.4 Å². The Labute approximate surface area is 147 Å². The summed E-state index contributed by atoms with van der Waals surface area (Å²) >= 11 is 0. The topological polar surface area (TPSA) is 87.2 Å². The van der Waals surface area contributed by atoms with E-state index in [2.05, 4.69) is 0 Å². The molecule has 0 aliphatic carbocycles. The molecule has 1 fully saturated rings. The van der Waals surface area contributed by atoms with E-state index in [-0.39, 0.29) is 24.9 Å². The van der Waals surface area contributed by atoms with Crippen molar-refractivity contribution in [2.24, 2.45) is 0 Å². The summed E-state index contributed by atoms with van der Waals surface area (Å²) in [4.78, 5) is 38.2.